The quantitative estimate of drug-likeness (QED) is 0.844. The van der Waals surface area contributed by atoms with Crippen molar-refractivity contribution in [3.05, 3.63) is 54.0 Å². The Morgan fingerprint density at radius 3 is 2.46 bits per heavy atom. The molecule has 0 N–H and O–H groups in total. The second-order valence-corrected chi connectivity index (χ2v) is 7.30. The van der Waals surface area contributed by atoms with Crippen molar-refractivity contribution in [3.8, 4) is 6.07 Å². The Morgan fingerprint density at radius 2 is 1.88 bits per heavy atom. The van der Waals surface area contributed by atoms with Gasteiger partial charge in [0.1, 0.15) is 17.7 Å². The molecule has 0 spiro atoms. The van der Waals surface area contributed by atoms with Crippen LogP contribution in [0.4, 0.5) is 10.2 Å². The highest BCUT2D eigenvalue weighted by atomic mass is 32.2. The molecule has 1 aromatic carbocycles. The molecule has 8 heteroatoms. The zero-order valence-corrected chi connectivity index (χ0v) is 13.6. The molecule has 24 heavy (non-hydrogen) atoms. The highest BCUT2D eigenvalue weighted by molar-refractivity contribution is 7.89. The molecule has 3 rings (SSSR count). The molecule has 0 amide bonds. The molecule has 1 aliphatic rings. The number of hydrogen-bond acceptors (Lipinski definition) is 5. The van der Waals surface area contributed by atoms with Crippen LogP contribution in [0.1, 0.15) is 5.56 Å². The van der Waals surface area contributed by atoms with Crippen LogP contribution < -0.4 is 4.90 Å². The van der Waals surface area contributed by atoms with Gasteiger partial charge in [-0.3, -0.25) is 0 Å². The van der Waals surface area contributed by atoms with E-state index >= 15 is 0 Å². The summed E-state index contributed by atoms with van der Waals surface area (Å²) >= 11 is 0. The summed E-state index contributed by atoms with van der Waals surface area (Å²) in [5.74, 6) is 0.133. The Kier molecular flexibility index (Phi) is 4.46. The fraction of sp³-hybridized carbons (Fsp3) is 0.250. The number of hydrogen-bond donors (Lipinski definition) is 0. The van der Waals surface area contributed by atoms with Gasteiger partial charge in [0.05, 0.1) is 10.5 Å². The van der Waals surface area contributed by atoms with E-state index in [0.717, 1.165) is 6.07 Å². The minimum Gasteiger partial charge on any atom is -0.354 e. The van der Waals surface area contributed by atoms with Gasteiger partial charge in [-0.05, 0) is 30.3 Å². The number of rotatable bonds is 3. The van der Waals surface area contributed by atoms with Crippen LogP contribution in [0.2, 0.25) is 0 Å². The third-order valence-electron chi connectivity index (χ3n) is 3.87. The van der Waals surface area contributed by atoms with E-state index in [1.165, 1.54) is 28.7 Å². The number of sulfonamides is 1. The van der Waals surface area contributed by atoms with E-state index in [1.54, 1.807) is 12.1 Å². The summed E-state index contributed by atoms with van der Waals surface area (Å²) < 4.78 is 39.7. The molecule has 0 aliphatic carbocycles. The summed E-state index contributed by atoms with van der Waals surface area (Å²) in [7, 11) is -3.70. The molecule has 1 saturated heterocycles. The molecule has 1 aliphatic heterocycles. The standard InChI is InChI=1S/C16H15FN4O2S/c17-14-2-1-3-15(10-14)24(22,23)21-8-6-20(7-9-21)16-5-4-13(11-18)12-19-16/h1-5,10,12H,6-9H2. The lowest BCUT2D eigenvalue weighted by molar-refractivity contribution is 0.383. The van der Waals surface area contributed by atoms with Gasteiger partial charge in [-0.1, -0.05) is 6.07 Å². The van der Waals surface area contributed by atoms with Crippen LogP contribution >= 0.6 is 0 Å². The van der Waals surface area contributed by atoms with Gasteiger partial charge in [-0.15, -0.1) is 0 Å². The van der Waals surface area contributed by atoms with E-state index in [-0.39, 0.29) is 4.90 Å². The number of anilines is 1. The van der Waals surface area contributed by atoms with Gasteiger partial charge >= 0.3 is 0 Å². The fourth-order valence-corrected chi connectivity index (χ4v) is 4.03. The first kappa shape index (κ1) is 16.4. The second kappa shape index (κ2) is 6.55. The van der Waals surface area contributed by atoms with Crippen LogP contribution in [-0.2, 0) is 10.0 Å². The topological polar surface area (TPSA) is 77.3 Å². The van der Waals surface area contributed by atoms with Gasteiger partial charge in [0.2, 0.25) is 10.0 Å². The average Bonchev–Trinajstić information content (AvgIpc) is 2.62. The Balaban J connectivity index is 1.71. The molecule has 0 bridgehead atoms. The van der Waals surface area contributed by atoms with E-state index in [2.05, 4.69) is 4.98 Å². The maximum atomic E-state index is 13.3. The Hall–Kier alpha value is -2.50. The van der Waals surface area contributed by atoms with E-state index in [9.17, 15) is 12.8 Å². The van der Waals surface area contributed by atoms with Crippen molar-refractivity contribution in [2.45, 2.75) is 4.90 Å². The van der Waals surface area contributed by atoms with Crippen LogP contribution in [0, 0.1) is 17.1 Å². The predicted molar refractivity (Wildman–Crippen MR) is 86.3 cm³/mol. The number of benzene rings is 1. The SMILES string of the molecule is N#Cc1ccc(N2CCN(S(=O)(=O)c3cccc(F)c3)CC2)nc1. The lowest BCUT2D eigenvalue weighted by atomic mass is 10.3. The van der Waals surface area contributed by atoms with Crippen molar-refractivity contribution in [1.29, 1.82) is 5.26 Å². The maximum absolute atomic E-state index is 13.3. The van der Waals surface area contributed by atoms with Gasteiger partial charge in [-0.2, -0.15) is 9.57 Å². The van der Waals surface area contributed by atoms with E-state index < -0.39 is 15.8 Å². The van der Waals surface area contributed by atoms with E-state index in [0.29, 0.717) is 37.6 Å². The highest BCUT2D eigenvalue weighted by Gasteiger charge is 2.29. The summed E-state index contributed by atoms with van der Waals surface area (Å²) in [4.78, 5) is 6.14. The zero-order valence-electron chi connectivity index (χ0n) is 12.8. The van der Waals surface area contributed by atoms with Crippen LogP contribution in [0.5, 0.6) is 0 Å². The van der Waals surface area contributed by atoms with Gasteiger partial charge < -0.3 is 4.90 Å². The van der Waals surface area contributed by atoms with E-state index in [4.69, 9.17) is 5.26 Å². The number of halogens is 1. The van der Waals surface area contributed by atoms with Crippen molar-refractivity contribution in [3.63, 3.8) is 0 Å². The fourth-order valence-electron chi connectivity index (χ4n) is 2.57. The van der Waals surface area contributed by atoms with Crippen molar-refractivity contribution < 1.29 is 12.8 Å². The molecule has 1 fully saturated rings. The minimum absolute atomic E-state index is 0.0348. The second-order valence-electron chi connectivity index (χ2n) is 5.37. The van der Waals surface area contributed by atoms with Gasteiger partial charge in [-0.25, -0.2) is 17.8 Å². The molecule has 2 aromatic rings. The van der Waals surface area contributed by atoms with Crippen molar-refractivity contribution >= 4 is 15.8 Å². The van der Waals surface area contributed by atoms with Crippen LogP contribution in [0.25, 0.3) is 0 Å². The molecule has 2 heterocycles. The largest absolute Gasteiger partial charge is 0.354 e. The highest BCUT2D eigenvalue weighted by Crippen LogP contribution is 2.20. The van der Waals surface area contributed by atoms with Crippen molar-refractivity contribution in [2.24, 2.45) is 0 Å². The van der Waals surface area contributed by atoms with Crippen LogP contribution in [0.3, 0.4) is 0 Å². The third-order valence-corrected chi connectivity index (χ3v) is 5.77. The zero-order chi connectivity index (χ0) is 17.2. The number of piperazine rings is 1. The van der Waals surface area contributed by atoms with Crippen LogP contribution in [-0.4, -0.2) is 43.9 Å². The van der Waals surface area contributed by atoms with Gasteiger partial charge in [0.15, 0.2) is 0 Å². The molecule has 0 unspecified atom stereocenters. The molecular weight excluding hydrogens is 331 g/mol. The molecule has 6 nitrogen and oxygen atoms in total. The lowest BCUT2D eigenvalue weighted by Crippen LogP contribution is -2.48. The number of aromatic nitrogens is 1. The van der Waals surface area contributed by atoms with Gasteiger partial charge in [0, 0.05) is 32.4 Å². The first-order valence-corrected chi connectivity index (χ1v) is 8.81. The molecule has 0 saturated carbocycles. The van der Waals surface area contributed by atoms with Crippen LogP contribution in [0.15, 0.2) is 47.5 Å². The minimum atomic E-state index is -3.70. The number of nitriles is 1. The first-order chi connectivity index (χ1) is 11.5. The normalized spacial score (nSPS) is 15.9. The number of nitrogens with zero attached hydrogens (tertiary/aromatic N) is 4. The van der Waals surface area contributed by atoms with E-state index in [1.807, 2.05) is 11.0 Å². The Morgan fingerprint density at radius 1 is 1.12 bits per heavy atom. The smallest absolute Gasteiger partial charge is 0.243 e. The number of pyridine rings is 1. The summed E-state index contributed by atoms with van der Waals surface area (Å²) in [6.45, 7) is 1.54. The molecular formula is C16H15FN4O2S. The Labute approximate surface area is 139 Å². The maximum Gasteiger partial charge on any atom is 0.243 e. The summed E-state index contributed by atoms with van der Waals surface area (Å²) in [6.07, 6.45) is 1.49. The summed E-state index contributed by atoms with van der Waals surface area (Å²) in [6, 6.07) is 10.5. The average molecular weight is 346 g/mol. The molecule has 0 atom stereocenters. The van der Waals surface area contributed by atoms with Crippen molar-refractivity contribution in [2.75, 3.05) is 31.1 Å². The van der Waals surface area contributed by atoms with Crippen molar-refractivity contribution in [1.82, 2.24) is 9.29 Å². The Bertz CT molecular complexity index is 870. The lowest BCUT2D eigenvalue weighted by Gasteiger charge is -2.34. The monoisotopic (exact) mass is 346 g/mol. The molecule has 0 radical (unpaired) electrons. The molecule has 1 aromatic heterocycles. The predicted octanol–water partition coefficient (Wildman–Crippen LogP) is 1.60. The summed E-state index contributed by atoms with van der Waals surface area (Å²) in [5.41, 5.74) is 0.478. The summed E-state index contributed by atoms with van der Waals surface area (Å²) in [5, 5.41) is 8.79. The third kappa shape index (κ3) is 3.22. The van der Waals surface area contributed by atoms with Gasteiger partial charge in [0.25, 0.3) is 0 Å². The molecule has 124 valence electrons. The first-order valence-electron chi connectivity index (χ1n) is 7.37.